The van der Waals surface area contributed by atoms with Crippen LogP contribution in [-0.4, -0.2) is 36.4 Å². The molecule has 2 saturated heterocycles. The average molecular weight is 274 g/mol. The molecule has 2 aliphatic heterocycles. The van der Waals surface area contributed by atoms with Crippen molar-refractivity contribution in [3.05, 3.63) is 18.5 Å². The van der Waals surface area contributed by atoms with Gasteiger partial charge in [0.05, 0.1) is 11.2 Å². The Hall–Kier alpha value is -1.07. The highest BCUT2D eigenvalue weighted by Gasteiger charge is 2.52. The predicted molar refractivity (Wildman–Crippen MR) is 81.4 cm³/mol. The smallest absolute Gasteiger partial charge is 0.399 e. The third-order valence-corrected chi connectivity index (χ3v) is 4.78. The Morgan fingerprint density at radius 2 is 1.70 bits per heavy atom. The third-order valence-electron chi connectivity index (χ3n) is 4.78. The number of rotatable bonds is 2. The van der Waals surface area contributed by atoms with E-state index >= 15 is 0 Å². The number of nitrogens with zero attached hydrogens (tertiary/aromatic N) is 2. The second-order valence-electron chi connectivity index (χ2n) is 6.72. The molecule has 2 fully saturated rings. The van der Waals surface area contributed by atoms with Crippen LogP contribution in [0.25, 0.3) is 0 Å². The van der Waals surface area contributed by atoms with Crippen molar-refractivity contribution < 1.29 is 9.31 Å². The number of aromatic nitrogens is 1. The normalized spacial score (nSPS) is 24.4. The maximum absolute atomic E-state index is 6.16. The summed E-state index contributed by atoms with van der Waals surface area (Å²) in [7, 11) is -0.329. The first kappa shape index (κ1) is 13.9. The SMILES string of the molecule is CC1(C)OB(c2cnccc2N2CCCC2)OC1(C)C. The predicted octanol–water partition coefficient (Wildman–Crippen LogP) is 1.98. The molecule has 0 saturated carbocycles. The number of anilines is 1. The molecule has 0 unspecified atom stereocenters. The molecule has 0 aromatic carbocycles. The Morgan fingerprint density at radius 1 is 1.10 bits per heavy atom. The molecule has 0 amide bonds. The van der Waals surface area contributed by atoms with Crippen molar-refractivity contribution in [1.82, 2.24) is 4.98 Å². The lowest BCUT2D eigenvalue weighted by Crippen LogP contribution is -2.41. The number of pyridine rings is 1. The average Bonchev–Trinajstić information content (AvgIpc) is 2.97. The fourth-order valence-corrected chi connectivity index (χ4v) is 2.80. The molecule has 0 atom stereocenters. The van der Waals surface area contributed by atoms with Crippen molar-refractivity contribution >= 4 is 18.3 Å². The Kier molecular flexibility index (Phi) is 3.29. The molecule has 4 nitrogen and oxygen atoms in total. The first-order valence-electron chi connectivity index (χ1n) is 7.45. The van der Waals surface area contributed by atoms with Crippen molar-refractivity contribution in [2.45, 2.75) is 51.7 Å². The Labute approximate surface area is 121 Å². The van der Waals surface area contributed by atoms with E-state index in [-0.39, 0.29) is 18.3 Å². The van der Waals surface area contributed by atoms with Crippen LogP contribution in [-0.2, 0) is 9.31 Å². The summed E-state index contributed by atoms with van der Waals surface area (Å²) in [6.07, 6.45) is 6.24. The fraction of sp³-hybridized carbons (Fsp3) is 0.667. The van der Waals surface area contributed by atoms with E-state index in [1.165, 1.54) is 18.5 Å². The van der Waals surface area contributed by atoms with Gasteiger partial charge in [-0.25, -0.2) is 0 Å². The van der Waals surface area contributed by atoms with Crippen LogP contribution in [0, 0.1) is 0 Å². The Balaban J connectivity index is 1.92. The molecule has 1 aromatic rings. The van der Waals surface area contributed by atoms with Gasteiger partial charge in [-0.3, -0.25) is 4.98 Å². The maximum Gasteiger partial charge on any atom is 0.498 e. The largest absolute Gasteiger partial charge is 0.498 e. The molecule has 0 spiro atoms. The van der Waals surface area contributed by atoms with Gasteiger partial charge in [-0.2, -0.15) is 0 Å². The molecule has 0 radical (unpaired) electrons. The van der Waals surface area contributed by atoms with Gasteiger partial charge in [-0.15, -0.1) is 0 Å². The van der Waals surface area contributed by atoms with Gasteiger partial charge in [0, 0.05) is 36.6 Å². The van der Waals surface area contributed by atoms with Gasteiger partial charge < -0.3 is 14.2 Å². The number of hydrogen-bond donors (Lipinski definition) is 0. The van der Waals surface area contributed by atoms with E-state index in [2.05, 4.69) is 43.6 Å². The molecule has 5 heteroatoms. The highest BCUT2D eigenvalue weighted by molar-refractivity contribution is 6.63. The summed E-state index contributed by atoms with van der Waals surface area (Å²) in [5, 5.41) is 0. The molecule has 3 rings (SSSR count). The fourth-order valence-electron chi connectivity index (χ4n) is 2.80. The van der Waals surface area contributed by atoms with E-state index in [1.807, 2.05) is 12.4 Å². The first-order chi connectivity index (χ1) is 9.41. The number of hydrogen-bond acceptors (Lipinski definition) is 4. The molecule has 0 N–H and O–H groups in total. The monoisotopic (exact) mass is 274 g/mol. The standard InChI is InChI=1S/C15H23BN2O2/c1-14(2)15(3,4)20-16(19-14)12-11-17-8-7-13(12)18-9-5-6-10-18/h7-8,11H,5-6,9-10H2,1-4H3. The van der Waals surface area contributed by atoms with Crippen molar-refractivity contribution in [2.24, 2.45) is 0 Å². The van der Waals surface area contributed by atoms with E-state index in [9.17, 15) is 0 Å². The van der Waals surface area contributed by atoms with Crippen LogP contribution in [0.3, 0.4) is 0 Å². The molecule has 108 valence electrons. The molecule has 0 aliphatic carbocycles. The minimum atomic E-state index is -0.329. The Morgan fingerprint density at radius 3 is 2.30 bits per heavy atom. The van der Waals surface area contributed by atoms with Gasteiger partial charge >= 0.3 is 7.12 Å². The lowest BCUT2D eigenvalue weighted by Gasteiger charge is -2.32. The topological polar surface area (TPSA) is 34.6 Å². The zero-order chi connectivity index (χ0) is 14.4. The third kappa shape index (κ3) is 2.23. The van der Waals surface area contributed by atoms with Crippen LogP contribution in [0.4, 0.5) is 5.69 Å². The van der Waals surface area contributed by atoms with Crippen LogP contribution < -0.4 is 10.4 Å². The van der Waals surface area contributed by atoms with Gasteiger partial charge in [0.15, 0.2) is 0 Å². The summed E-state index contributed by atoms with van der Waals surface area (Å²) in [4.78, 5) is 6.67. The molecule has 1 aromatic heterocycles. The van der Waals surface area contributed by atoms with Gasteiger partial charge in [-0.05, 0) is 46.6 Å². The zero-order valence-corrected chi connectivity index (χ0v) is 12.8. The van der Waals surface area contributed by atoms with Crippen molar-refractivity contribution in [1.29, 1.82) is 0 Å². The molecular formula is C15H23BN2O2. The molecule has 0 bridgehead atoms. The summed E-state index contributed by atoms with van der Waals surface area (Å²) >= 11 is 0. The van der Waals surface area contributed by atoms with Crippen LogP contribution in [0.5, 0.6) is 0 Å². The van der Waals surface area contributed by atoms with Crippen LogP contribution >= 0.6 is 0 Å². The van der Waals surface area contributed by atoms with Gasteiger partial charge in [0.1, 0.15) is 0 Å². The Bertz CT molecular complexity index is 482. The van der Waals surface area contributed by atoms with Crippen LogP contribution in [0.1, 0.15) is 40.5 Å². The van der Waals surface area contributed by atoms with Gasteiger partial charge in [0.2, 0.25) is 0 Å². The molecule has 3 heterocycles. The van der Waals surface area contributed by atoms with E-state index < -0.39 is 0 Å². The minimum absolute atomic E-state index is 0.310. The van der Waals surface area contributed by atoms with Gasteiger partial charge in [-0.1, -0.05) is 0 Å². The molecular weight excluding hydrogens is 251 g/mol. The second-order valence-corrected chi connectivity index (χ2v) is 6.72. The van der Waals surface area contributed by atoms with E-state index in [4.69, 9.17) is 9.31 Å². The summed E-state index contributed by atoms with van der Waals surface area (Å²) in [6.45, 7) is 10.5. The maximum atomic E-state index is 6.16. The van der Waals surface area contributed by atoms with Crippen molar-refractivity contribution in [2.75, 3.05) is 18.0 Å². The van der Waals surface area contributed by atoms with E-state index in [0.717, 1.165) is 18.6 Å². The molecule has 2 aliphatic rings. The minimum Gasteiger partial charge on any atom is -0.399 e. The van der Waals surface area contributed by atoms with Crippen molar-refractivity contribution in [3.63, 3.8) is 0 Å². The summed E-state index contributed by atoms with van der Waals surface area (Å²) in [5.41, 5.74) is 1.63. The van der Waals surface area contributed by atoms with Crippen LogP contribution in [0.2, 0.25) is 0 Å². The quantitative estimate of drug-likeness (QED) is 0.772. The van der Waals surface area contributed by atoms with Crippen molar-refractivity contribution in [3.8, 4) is 0 Å². The zero-order valence-electron chi connectivity index (χ0n) is 12.8. The summed E-state index contributed by atoms with van der Waals surface area (Å²) < 4.78 is 12.3. The molecule has 20 heavy (non-hydrogen) atoms. The highest BCUT2D eigenvalue weighted by Crippen LogP contribution is 2.37. The van der Waals surface area contributed by atoms with E-state index in [0.29, 0.717) is 0 Å². The second kappa shape index (κ2) is 4.74. The highest BCUT2D eigenvalue weighted by atomic mass is 16.7. The lowest BCUT2D eigenvalue weighted by atomic mass is 9.78. The lowest BCUT2D eigenvalue weighted by molar-refractivity contribution is 0.00578. The van der Waals surface area contributed by atoms with E-state index in [1.54, 1.807) is 0 Å². The van der Waals surface area contributed by atoms with Gasteiger partial charge in [0.25, 0.3) is 0 Å². The van der Waals surface area contributed by atoms with Crippen LogP contribution in [0.15, 0.2) is 18.5 Å². The summed E-state index contributed by atoms with van der Waals surface area (Å²) in [5.74, 6) is 0. The first-order valence-corrected chi connectivity index (χ1v) is 7.45. The summed E-state index contributed by atoms with van der Waals surface area (Å²) in [6, 6.07) is 2.08.